The van der Waals surface area contributed by atoms with Gasteiger partial charge in [-0.3, -0.25) is 4.79 Å². The van der Waals surface area contributed by atoms with Crippen LogP contribution in [0.15, 0.2) is 59.1 Å². The van der Waals surface area contributed by atoms with Crippen molar-refractivity contribution in [3.8, 4) is 22.8 Å². The Hall–Kier alpha value is -2.92. The Bertz CT molecular complexity index is 869. The van der Waals surface area contributed by atoms with Crippen LogP contribution in [0.25, 0.3) is 22.8 Å². The third kappa shape index (κ3) is 3.61. The van der Waals surface area contributed by atoms with Crippen LogP contribution in [0, 0.1) is 6.92 Å². The molecule has 0 saturated heterocycles. The molecule has 1 amide bonds. The Morgan fingerprint density at radius 3 is 2.60 bits per heavy atom. The number of nitrogens with zero attached hydrogens (tertiary/aromatic N) is 2. The van der Waals surface area contributed by atoms with E-state index in [0.717, 1.165) is 5.56 Å². The van der Waals surface area contributed by atoms with Gasteiger partial charge in [-0.1, -0.05) is 42.0 Å². The van der Waals surface area contributed by atoms with Crippen molar-refractivity contribution in [3.63, 3.8) is 0 Å². The van der Waals surface area contributed by atoms with Crippen LogP contribution in [-0.2, 0) is 0 Å². The highest BCUT2D eigenvalue weighted by atomic mass is 16.4. The zero-order valence-corrected chi connectivity index (χ0v) is 14.3. The van der Waals surface area contributed by atoms with Crippen molar-refractivity contribution < 1.29 is 14.3 Å². The molecule has 0 fully saturated rings. The minimum atomic E-state index is -0.181. The summed E-state index contributed by atoms with van der Waals surface area (Å²) in [6, 6.07) is 15.2. The van der Waals surface area contributed by atoms with E-state index in [1.165, 1.54) is 10.5 Å². The number of aromatic nitrogens is 1. The number of rotatable bonds is 5. The summed E-state index contributed by atoms with van der Waals surface area (Å²) in [5, 5.41) is 9.04. The second-order valence-corrected chi connectivity index (χ2v) is 5.89. The van der Waals surface area contributed by atoms with E-state index < -0.39 is 0 Å². The van der Waals surface area contributed by atoms with Crippen LogP contribution < -0.4 is 0 Å². The second-order valence-electron chi connectivity index (χ2n) is 5.89. The van der Waals surface area contributed by atoms with E-state index in [-0.39, 0.29) is 19.1 Å². The van der Waals surface area contributed by atoms with Gasteiger partial charge in [0.25, 0.3) is 5.91 Å². The van der Waals surface area contributed by atoms with Gasteiger partial charge in [-0.05, 0) is 19.1 Å². The summed E-state index contributed by atoms with van der Waals surface area (Å²) in [5.74, 6) is 0.873. The minimum Gasteiger partial charge on any atom is -0.436 e. The molecule has 0 aliphatic heterocycles. The monoisotopic (exact) mass is 336 g/mol. The number of aliphatic hydroxyl groups excluding tert-OH is 1. The summed E-state index contributed by atoms with van der Waals surface area (Å²) in [5.41, 5.74) is 3.24. The highest BCUT2D eigenvalue weighted by Gasteiger charge is 2.19. The van der Waals surface area contributed by atoms with Crippen molar-refractivity contribution in [2.24, 2.45) is 0 Å². The first-order valence-electron chi connectivity index (χ1n) is 8.08. The first-order chi connectivity index (χ1) is 12.1. The molecule has 128 valence electrons. The average Bonchev–Trinajstić information content (AvgIpc) is 3.12. The van der Waals surface area contributed by atoms with Gasteiger partial charge in [0, 0.05) is 24.7 Å². The van der Waals surface area contributed by atoms with E-state index >= 15 is 0 Å². The Labute approximate surface area is 146 Å². The zero-order valence-electron chi connectivity index (χ0n) is 14.3. The summed E-state index contributed by atoms with van der Waals surface area (Å²) in [6.45, 7) is 2.22. The van der Waals surface area contributed by atoms with Gasteiger partial charge in [-0.25, -0.2) is 4.98 Å². The number of hydrogen-bond donors (Lipinski definition) is 1. The van der Waals surface area contributed by atoms with E-state index in [1.807, 2.05) is 43.3 Å². The van der Waals surface area contributed by atoms with Crippen LogP contribution in [0.4, 0.5) is 0 Å². The normalized spacial score (nSPS) is 10.7. The predicted molar refractivity (Wildman–Crippen MR) is 96.2 cm³/mol. The van der Waals surface area contributed by atoms with Crippen LogP contribution in [0.2, 0.25) is 0 Å². The SMILES string of the molecule is Cc1ccc(-c2cnc(-c3ccccc3C(=O)N(C)CCO)o2)cc1. The maximum Gasteiger partial charge on any atom is 0.254 e. The number of aliphatic hydroxyl groups is 1. The standard InChI is InChI=1S/C20H20N2O3/c1-14-7-9-15(10-8-14)18-13-21-19(25-18)16-5-3-4-6-17(16)20(24)22(2)11-12-23/h3-10,13,23H,11-12H2,1-2H3. The first-order valence-corrected chi connectivity index (χ1v) is 8.08. The third-order valence-electron chi connectivity index (χ3n) is 4.01. The van der Waals surface area contributed by atoms with Crippen molar-refractivity contribution in [3.05, 3.63) is 65.9 Å². The molecule has 1 heterocycles. The molecule has 1 N–H and O–H groups in total. The van der Waals surface area contributed by atoms with Crippen LogP contribution in [0.3, 0.4) is 0 Å². The summed E-state index contributed by atoms with van der Waals surface area (Å²) in [6.07, 6.45) is 1.67. The Balaban J connectivity index is 1.95. The van der Waals surface area contributed by atoms with E-state index in [4.69, 9.17) is 9.52 Å². The quantitative estimate of drug-likeness (QED) is 0.776. The van der Waals surface area contributed by atoms with Gasteiger partial charge in [0.05, 0.1) is 18.4 Å². The molecule has 0 spiro atoms. The number of hydrogen-bond acceptors (Lipinski definition) is 4. The molecule has 0 saturated carbocycles. The molecule has 0 atom stereocenters. The Morgan fingerprint density at radius 2 is 1.88 bits per heavy atom. The van der Waals surface area contributed by atoms with Crippen molar-refractivity contribution in [2.75, 3.05) is 20.2 Å². The average molecular weight is 336 g/mol. The molecule has 0 aliphatic carbocycles. The predicted octanol–water partition coefficient (Wildman–Crippen LogP) is 3.38. The van der Waals surface area contributed by atoms with Gasteiger partial charge in [0.1, 0.15) is 0 Å². The fourth-order valence-corrected chi connectivity index (χ4v) is 2.56. The van der Waals surface area contributed by atoms with Crippen molar-refractivity contribution in [1.29, 1.82) is 0 Å². The molecule has 25 heavy (non-hydrogen) atoms. The molecule has 3 aromatic rings. The van der Waals surface area contributed by atoms with Crippen molar-refractivity contribution in [2.45, 2.75) is 6.92 Å². The molecule has 2 aromatic carbocycles. The van der Waals surface area contributed by atoms with Crippen molar-refractivity contribution >= 4 is 5.91 Å². The molecule has 0 bridgehead atoms. The molecule has 5 nitrogen and oxygen atoms in total. The lowest BCUT2D eigenvalue weighted by molar-refractivity contribution is 0.0767. The maximum absolute atomic E-state index is 12.6. The lowest BCUT2D eigenvalue weighted by Gasteiger charge is -2.17. The lowest BCUT2D eigenvalue weighted by Crippen LogP contribution is -2.29. The lowest BCUT2D eigenvalue weighted by atomic mass is 10.1. The third-order valence-corrected chi connectivity index (χ3v) is 4.01. The molecular weight excluding hydrogens is 316 g/mol. The number of carbonyl (C=O) groups is 1. The molecule has 1 aromatic heterocycles. The smallest absolute Gasteiger partial charge is 0.254 e. The van der Waals surface area contributed by atoms with Gasteiger partial charge in [-0.2, -0.15) is 0 Å². The van der Waals surface area contributed by atoms with E-state index in [2.05, 4.69) is 4.98 Å². The molecule has 5 heteroatoms. The fourth-order valence-electron chi connectivity index (χ4n) is 2.56. The molecule has 0 aliphatic rings. The summed E-state index contributed by atoms with van der Waals surface area (Å²) in [7, 11) is 1.66. The topological polar surface area (TPSA) is 66.6 Å². The van der Waals surface area contributed by atoms with E-state index in [1.54, 1.807) is 25.4 Å². The number of likely N-dealkylation sites (N-methyl/N-ethyl adjacent to an activating group) is 1. The van der Waals surface area contributed by atoms with Crippen LogP contribution in [-0.4, -0.2) is 41.1 Å². The molecule has 3 rings (SSSR count). The van der Waals surface area contributed by atoms with Gasteiger partial charge < -0.3 is 14.4 Å². The van der Waals surface area contributed by atoms with Crippen LogP contribution >= 0.6 is 0 Å². The molecule has 0 radical (unpaired) electrons. The number of oxazole rings is 1. The second kappa shape index (κ2) is 7.32. The Morgan fingerprint density at radius 1 is 1.16 bits per heavy atom. The number of carbonyl (C=O) groups excluding carboxylic acids is 1. The van der Waals surface area contributed by atoms with Crippen molar-refractivity contribution in [1.82, 2.24) is 9.88 Å². The number of aryl methyl sites for hydroxylation is 1. The number of amides is 1. The van der Waals surface area contributed by atoms with Gasteiger partial charge >= 0.3 is 0 Å². The largest absolute Gasteiger partial charge is 0.436 e. The van der Waals surface area contributed by atoms with E-state index in [0.29, 0.717) is 22.8 Å². The van der Waals surface area contributed by atoms with Gasteiger partial charge in [0.15, 0.2) is 5.76 Å². The summed E-state index contributed by atoms with van der Waals surface area (Å²) < 4.78 is 5.89. The highest BCUT2D eigenvalue weighted by molar-refractivity contribution is 5.99. The Kier molecular flexibility index (Phi) is 4.95. The van der Waals surface area contributed by atoms with Crippen LogP contribution in [0.1, 0.15) is 15.9 Å². The van der Waals surface area contributed by atoms with Gasteiger partial charge in [0.2, 0.25) is 5.89 Å². The van der Waals surface area contributed by atoms with Crippen LogP contribution in [0.5, 0.6) is 0 Å². The van der Waals surface area contributed by atoms with Gasteiger partial charge in [-0.15, -0.1) is 0 Å². The molecular formula is C20H20N2O3. The maximum atomic E-state index is 12.6. The minimum absolute atomic E-state index is 0.0824. The highest BCUT2D eigenvalue weighted by Crippen LogP contribution is 2.28. The van der Waals surface area contributed by atoms with E-state index in [9.17, 15) is 4.79 Å². The number of benzene rings is 2. The summed E-state index contributed by atoms with van der Waals surface area (Å²) in [4.78, 5) is 18.4. The zero-order chi connectivity index (χ0) is 17.8. The first kappa shape index (κ1) is 16.9. The summed E-state index contributed by atoms with van der Waals surface area (Å²) >= 11 is 0. The fraction of sp³-hybridized carbons (Fsp3) is 0.200. The molecule has 0 unspecified atom stereocenters.